The molecule has 0 aliphatic heterocycles. The number of halogens is 1. The van der Waals surface area contributed by atoms with Crippen LogP contribution in [0.2, 0.25) is 0 Å². The van der Waals surface area contributed by atoms with Crippen LogP contribution in [0.1, 0.15) is 17.3 Å². The molecular weight excluding hydrogens is 349 g/mol. The van der Waals surface area contributed by atoms with Gasteiger partial charge in [0.15, 0.2) is 0 Å². The third kappa shape index (κ3) is 5.01. The predicted molar refractivity (Wildman–Crippen MR) is 73.7 cm³/mol. The molecule has 0 fully saturated rings. The lowest BCUT2D eigenvalue weighted by molar-refractivity contribution is -0.254. The van der Waals surface area contributed by atoms with Crippen molar-refractivity contribution < 1.29 is 24.8 Å². The highest BCUT2D eigenvalue weighted by molar-refractivity contribution is 14.1. The number of carbonyl (C=O) groups excluding carboxylic acids is 2. The van der Waals surface area contributed by atoms with Gasteiger partial charge >= 0.3 is 11.9 Å². The van der Waals surface area contributed by atoms with Gasteiger partial charge < -0.3 is 15.2 Å². The van der Waals surface area contributed by atoms with Gasteiger partial charge in [0.25, 0.3) is 0 Å². The van der Waals surface area contributed by atoms with Crippen molar-refractivity contribution in [3.05, 3.63) is 29.8 Å². The van der Waals surface area contributed by atoms with Crippen molar-refractivity contribution in [2.24, 2.45) is 0 Å². The Morgan fingerprint density at radius 1 is 1.22 bits per heavy atom. The molecular formula is C12H15INO4+. The number of ether oxygens (including phenoxy) is 2. The molecule has 0 aromatic heterocycles. The normalized spacial score (nSPS) is 11.7. The fourth-order valence-corrected chi connectivity index (χ4v) is 1.30. The lowest BCUT2D eigenvalue weighted by atomic mass is 10.2. The number of carbonyl (C=O) groups is 2. The summed E-state index contributed by atoms with van der Waals surface area (Å²) in [6.45, 7) is 1.86. The van der Waals surface area contributed by atoms with Gasteiger partial charge in [0.1, 0.15) is 22.8 Å². The smallest absolute Gasteiger partial charge is 0.338 e. The molecule has 18 heavy (non-hydrogen) atoms. The summed E-state index contributed by atoms with van der Waals surface area (Å²) in [5.41, 5.74) is 5.01. The van der Waals surface area contributed by atoms with Crippen LogP contribution in [-0.2, 0) is 14.3 Å². The molecule has 1 aromatic rings. The van der Waals surface area contributed by atoms with E-state index in [4.69, 9.17) is 9.47 Å². The van der Waals surface area contributed by atoms with Crippen LogP contribution in [0.25, 0.3) is 0 Å². The van der Waals surface area contributed by atoms with Gasteiger partial charge in [0, 0.05) is 0 Å². The maximum Gasteiger partial charge on any atom is 0.338 e. The Labute approximate surface area is 119 Å². The largest absolute Gasteiger partial charge is 0.461 e. The molecule has 0 aliphatic carbocycles. The van der Waals surface area contributed by atoms with E-state index in [1.807, 2.05) is 22.6 Å². The number of rotatable bonds is 5. The summed E-state index contributed by atoms with van der Waals surface area (Å²) in [5, 5.41) is 0. The van der Waals surface area contributed by atoms with Crippen LogP contribution in [0.5, 0.6) is 0 Å². The monoisotopic (exact) mass is 364 g/mol. The van der Waals surface area contributed by atoms with Gasteiger partial charge in [-0.15, -0.1) is 0 Å². The predicted octanol–water partition coefficient (Wildman–Crippen LogP) is 1.08. The second-order valence-corrected chi connectivity index (χ2v) is 5.48. The first-order valence-electron chi connectivity index (χ1n) is 5.40. The standard InChI is InChI=1S/C12H14INO4/c1-8(13)11(15)17-6-7-18-12(16)9-2-4-10(14)5-3-9/h2-5,8H,6-7,14H2,1H3/p+1. The second kappa shape index (κ2) is 7.32. The summed E-state index contributed by atoms with van der Waals surface area (Å²) in [6, 6.07) is 6.75. The Kier molecular flexibility index (Phi) is 6.06. The zero-order valence-corrected chi connectivity index (χ0v) is 12.2. The highest BCUT2D eigenvalue weighted by atomic mass is 127. The number of hydrogen-bond acceptors (Lipinski definition) is 4. The van der Waals surface area contributed by atoms with Crippen molar-refractivity contribution in [3.8, 4) is 0 Å². The van der Waals surface area contributed by atoms with Gasteiger partial charge in [0.05, 0.1) is 5.56 Å². The maximum atomic E-state index is 11.5. The van der Waals surface area contributed by atoms with E-state index in [1.165, 1.54) is 0 Å². The number of esters is 2. The van der Waals surface area contributed by atoms with Crippen LogP contribution in [-0.4, -0.2) is 29.1 Å². The van der Waals surface area contributed by atoms with E-state index in [2.05, 4.69) is 5.73 Å². The van der Waals surface area contributed by atoms with Crippen LogP contribution < -0.4 is 5.73 Å². The van der Waals surface area contributed by atoms with Crippen molar-refractivity contribution in [2.45, 2.75) is 10.8 Å². The summed E-state index contributed by atoms with van der Waals surface area (Å²) in [6.07, 6.45) is 0. The quantitative estimate of drug-likeness (QED) is 0.367. The molecule has 0 aliphatic rings. The maximum absolute atomic E-state index is 11.5. The molecule has 0 spiro atoms. The Morgan fingerprint density at radius 3 is 2.33 bits per heavy atom. The molecule has 1 rings (SSSR count). The fourth-order valence-electron chi connectivity index (χ4n) is 1.12. The minimum atomic E-state index is -0.437. The Hall–Kier alpha value is -1.15. The third-order valence-corrected chi connectivity index (χ3v) is 2.58. The summed E-state index contributed by atoms with van der Waals surface area (Å²) in [7, 11) is 0. The molecule has 5 nitrogen and oxygen atoms in total. The van der Waals surface area contributed by atoms with E-state index in [-0.39, 0.29) is 23.1 Å². The lowest BCUT2D eigenvalue weighted by Crippen LogP contribution is -2.39. The van der Waals surface area contributed by atoms with E-state index >= 15 is 0 Å². The van der Waals surface area contributed by atoms with Crippen molar-refractivity contribution in [1.29, 1.82) is 0 Å². The summed E-state index contributed by atoms with van der Waals surface area (Å²) >= 11 is 1.96. The zero-order chi connectivity index (χ0) is 13.5. The highest BCUT2D eigenvalue weighted by Gasteiger charge is 2.11. The number of benzene rings is 1. The molecule has 0 radical (unpaired) electrons. The van der Waals surface area contributed by atoms with Crippen LogP contribution in [0.3, 0.4) is 0 Å². The summed E-state index contributed by atoms with van der Waals surface area (Å²) in [4.78, 5) is 22.7. The molecule has 0 saturated heterocycles. The van der Waals surface area contributed by atoms with E-state index in [1.54, 1.807) is 31.2 Å². The Bertz CT molecular complexity index is 417. The molecule has 1 atom stereocenters. The Morgan fingerprint density at radius 2 is 1.78 bits per heavy atom. The topological polar surface area (TPSA) is 80.2 Å². The van der Waals surface area contributed by atoms with Gasteiger partial charge in [-0.05, 0) is 31.2 Å². The Balaban J connectivity index is 2.29. The first-order chi connectivity index (χ1) is 8.50. The molecule has 1 aromatic carbocycles. The van der Waals surface area contributed by atoms with Gasteiger partial charge in [0.2, 0.25) is 0 Å². The van der Waals surface area contributed by atoms with Crippen LogP contribution in [0.4, 0.5) is 5.69 Å². The van der Waals surface area contributed by atoms with Crippen LogP contribution in [0, 0.1) is 0 Å². The van der Waals surface area contributed by atoms with Gasteiger partial charge in [-0.3, -0.25) is 4.79 Å². The number of alkyl halides is 1. The summed E-state index contributed by atoms with van der Waals surface area (Å²) < 4.78 is 9.63. The van der Waals surface area contributed by atoms with E-state index < -0.39 is 5.97 Å². The number of quaternary nitrogens is 1. The lowest BCUT2D eigenvalue weighted by Gasteiger charge is -2.07. The molecule has 0 saturated carbocycles. The average Bonchev–Trinajstić information content (AvgIpc) is 2.34. The average molecular weight is 364 g/mol. The molecule has 0 bridgehead atoms. The van der Waals surface area contributed by atoms with Crippen LogP contribution >= 0.6 is 22.6 Å². The van der Waals surface area contributed by atoms with Crippen LogP contribution in [0.15, 0.2) is 24.3 Å². The summed E-state index contributed by atoms with van der Waals surface area (Å²) in [5.74, 6) is -0.748. The minimum Gasteiger partial charge on any atom is -0.461 e. The SMILES string of the molecule is CC(I)C(=O)OCCOC(=O)c1ccc([NH3+])cc1. The van der Waals surface area contributed by atoms with E-state index in [9.17, 15) is 9.59 Å². The zero-order valence-electron chi connectivity index (χ0n) is 10.0. The minimum absolute atomic E-state index is 0.0556. The molecule has 1 unspecified atom stereocenters. The highest BCUT2D eigenvalue weighted by Crippen LogP contribution is 2.06. The molecule has 98 valence electrons. The molecule has 6 heteroatoms. The van der Waals surface area contributed by atoms with Gasteiger partial charge in [-0.2, -0.15) is 0 Å². The molecule has 0 heterocycles. The molecule has 3 N–H and O–H groups in total. The first kappa shape index (κ1) is 14.9. The molecule has 0 amide bonds. The second-order valence-electron chi connectivity index (χ2n) is 3.62. The van der Waals surface area contributed by atoms with E-state index in [0.717, 1.165) is 5.69 Å². The number of hydrogen-bond donors (Lipinski definition) is 1. The third-order valence-electron chi connectivity index (χ3n) is 2.08. The van der Waals surface area contributed by atoms with Gasteiger partial charge in [-0.1, -0.05) is 22.6 Å². The first-order valence-corrected chi connectivity index (χ1v) is 6.65. The fraction of sp³-hybridized carbons (Fsp3) is 0.333. The van der Waals surface area contributed by atoms with Crippen molar-refractivity contribution >= 4 is 40.2 Å². The van der Waals surface area contributed by atoms with Crippen molar-refractivity contribution in [1.82, 2.24) is 0 Å². The van der Waals surface area contributed by atoms with Gasteiger partial charge in [-0.25, -0.2) is 4.79 Å². The van der Waals surface area contributed by atoms with E-state index in [0.29, 0.717) is 5.56 Å². The van der Waals surface area contributed by atoms with Crippen molar-refractivity contribution in [2.75, 3.05) is 13.2 Å². The van der Waals surface area contributed by atoms with Crippen molar-refractivity contribution in [3.63, 3.8) is 0 Å².